The van der Waals surface area contributed by atoms with Crippen LogP contribution >= 0.6 is 0 Å². The first kappa shape index (κ1) is 10.5. The zero-order chi connectivity index (χ0) is 9.52. The molecule has 1 aliphatic heterocycles. The van der Waals surface area contributed by atoms with Gasteiger partial charge in [-0.05, 0) is 6.42 Å². The van der Waals surface area contributed by atoms with Crippen LogP contribution < -0.4 is 0 Å². The first-order valence-electron chi connectivity index (χ1n) is 5.17. The molecule has 1 amide bonds. The maximum absolute atomic E-state index is 10.5. The van der Waals surface area contributed by atoms with E-state index in [0.717, 1.165) is 25.9 Å². The van der Waals surface area contributed by atoms with Gasteiger partial charge in [-0.25, -0.2) is 0 Å². The molecule has 1 heterocycles. The number of morpholine rings is 1. The highest BCUT2D eigenvalue weighted by Gasteiger charge is 2.18. The van der Waals surface area contributed by atoms with Crippen LogP contribution in [-0.4, -0.2) is 37.1 Å². The molecule has 0 aromatic heterocycles. The summed E-state index contributed by atoms with van der Waals surface area (Å²) in [5.41, 5.74) is 0. The lowest BCUT2D eigenvalue weighted by Crippen LogP contribution is -2.41. The van der Waals surface area contributed by atoms with Crippen LogP contribution in [0, 0.1) is 0 Å². The fourth-order valence-corrected chi connectivity index (χ4v) is 1.63. The van der Waals surface area contributed by atoms with Gasteiger partial charge in [-0.15, -0.1) is 0 Å². The van der Waals surface area contributed by atoms with E-state index < -0.39 is 0 Å². The molecule has 3 nitrogen and oxygen atoms in total. The molecule has 1 fully saturated rings. The Kier molecular flexibility index (Phi) is 4.83. The average molecular weight is 185 g/mol. The van der Waals surface area contributed by atoms with Crippen molar-refractivity contribution >= 4 is 6.41 Å². The summed E-state index contributed by atoms with van der Waals surface area (Å²) in [4.78, 5) is 12.3. The Hall–Kier alpha value is -0.570. The third-order valence-corrected chi connectivity index (χ3v) is 2.45. The quantitative estimate of drug-likeness (QED) is 0.479. The molecule has 0 aromatic rings. The van der Waals surface area contributed by atoms with Crippen LogP contribution in [0.1, 0.15) is 32.6 Å². The van der Waals surface area contributed by atoms with Gasteiger partial charge in [0.1, 0.15) is 0 Å². The summed E-state index contributed by atoms with van der Waals surface area (Å²) in [6.45, 7) is 4.44. The van der Waals surface area contributed by atoms with Gasteiger partial charge in [0.25, 0.3) is 0 Å². The second-order valence-corrected chi connectivity index (χ2v) is 3.59. The van der Waals surface area contributed by atoms with E-state index >= 15 is 0 Å². The smallest absolute Gasteiger partial charge is 0.209 e. The summed E-state index contributed by atoms with van der Waals surface area (Å²) in [6, 6.07) is 0. The van der Waals surface area contributed by atoms with E-state index in [4.69, 9.17) is 4.74 Å². The first-order valence-corrected chi connectivity index (χ1v) is 5.17. The topological polar surface area (TPSA) is 29.5 Å². The average Bonchev–Trinajstić information content (AvgIpc) is 2.19. The van der Waals surface area contributed by atoms with E-state index in [1.807, 2.05) is 0 Å². The number of hydrogen-bond acceptors (Lipinski definition) is 2. The van der Waals surface area contributed by atoms with Crippen LogP contribution in [0.5, 0.6) is 0 Å². The summed E-state index contributed by atoms with van der Waals surface area (Å²) in [5, 5.41) is 0. The van der Waals surface area contributed by atoms with E-state index in [-0.39, 0.29) is 6.10 Å². The number of hydrogen-bond donors (Lipinski definition) is 0. The second kappa shape index (κ2) is 5.97. The van der Waals surface area contributed by atoms with Crippen molar-refractivity contribution < 1.29 is 9.53 Å². The van der Waals surface area contributed by atoms with Crippen LogP contribution in [0.2, 0.25) is 0 Å². The van der Waals surface area contributed by atoms with Gasteiger partial charge in [0, 0.05) is 13.1 Å². The van der Waals surface area contributed by atoms with Crippen LogP contribution in [0.4, 0.5) is 0 Å². The van der Waals surface area contributed by atoms with Gasteiger partial charge in [0.05, 0.1) is 12.7 Å². The Balaban J connectivity index is 2.14. The Labute approximate surface area is 80.1 Å². The Bertz CT molecular complexity index is 150. The van der Waals surface area contributed by atoms with Crippen molar-refractivity contribution in [3.05, 3.63) is 0 Å². The number of unbranched alkanes of at least 4 members (excludes halogenated alkanes) is 2. The van der Waals surface area contributed by atoms with Crippen molar-refractivity contribution in [3.63, 3.8) is 0 Å². The van der Waals surface area contributed by atoms with E-state index in [2.05, 4.69) is 6.92 Å². The predicted molar refractivity (Wildman–Crippen MR) is 51.5 cm³/mol. The molecule has 3 heteroatoms. The molecule has 13 heavy (non-hydrogen) atoms. The molecule has 1 saturated heterocycles. The van der Waals surface area contributed by atoms with Gasteiger partial charge >= 0.3 is 0 Å². The summed E-state index contributed by atoms with van der Waals surface area (Å²) < 4.78 is 5.56. The van der Waals surface area contributed by atoms with Gasteiger partial charge in [-0.1, -0.05) is 26.2 Å². The highest BCUT2D eigenvalue weighted by Crippen LogP contribution is 2.11. The molecule has 76 valence electrons. The van der Waals surface area contributed by atoms with Crippen LogP contribution in [0.3, 0.4) is 0 Å². The van der Waals surface area contributed by atoms with E-state index in [0.29, 0.717) is 6.61 Å². The fourth-order valence-electron chi connectivity index (χ4n) is 1.63. The molecule has 1 unspecified atom stereocenters. The largest absolute Gasteiger partial charge is 0.375 e. The third-order valence-electron chi connectivity index (χ3n) is 2.45. The van der Waals surface area contributed by atoms with Crippen molar-refractivity contribution in [2.75, 3.05) is 19.7 Å². The molecule has 0 aromatic carbocycles. The zero-order valence-electron chi connectivity index (χ0n) is 8.37. The van der Waals surface area contributed by atoms with Gasteiger partial charge in [0.15, 0.2) is 0 Å². The molecule has 1 atom stereocenters. The summed E-state index contributed by atoms with van der Waals surface area (Å²) in [6.07, 6.45) is 6.03. The number of ether oxygens (including phenoxy) is 1. The van der Waals surface area contributed by atoms with Crippen molar-refractivity contribution in [1.29, 1.82) is 0 Å². The van der Waals surface area contributed by atoms with Gasteiger partial charge in [0.2, 0.25) is 6.41 Å². The molecule has 1 aliphatic rings. The SMILES string of the molecule is CCCCCC1CN(C=O)CCO1. The van der Waals surface area contributed by atoms with Crippen molar-refractivity contribution in [2.24, 2.45) is 0 Å². The standard InChI is InChI=1S/C10H19NO2/c1-2-3-4-5-10-8-11(9-12)6-7-13-10/h9-10H,2-8H2,1H3. The van der Waals surface area contributed by atoms with Gasteiger partial charge in [-0.2, -0.15) is 0 Å². The van der Waals surface area contributed by atoms with Crippen LogP contribution in [-0.2, 0) is 9.53 Å². The lowest BCUT2D eigenvalue weighted by molar-refractivity contribution is -0.125. The highest BCUT2D eigenvalue weighted by atomic mass is 16.5. The van der Waals surface area contributed by atoms with E-state index in [1.54, 1.807) is 4.90 Å². The van der Waals surface area contributed by atoms with Crippen LogP contribution in [0.15, 0.2) is 0 Å². The van der Waals surface area contributed by atoms with Crippen molar-refractivity contribution in [2.45, 2.75) is 38.7 Å². The molecule has 0 radical (unpaired) electrons. The summed E-state index contributed by atoms with van der Waals surface area (Å²) in [7, 11) is 0. The molecule has 0 saturated carbocycles. The fraction of sp³-hybridized carbons (Fsp3) is 0.900. The summed E-state index contributed by atoms with van der Waals surface area (Å²) >= 11 is 0. The lowest BCUT2D eigenvalue weighted by atomic mass is 10.1. The zero-order valence-corrected chi connectivity index (χ0v) is 8.37. The Morgan fingerprint density at radius 2 is 2.38 bits per heavy atom. The molecule has 0 N–H and O–H groups in total. The Morgan fingerprint density at radius 1 is 1.54 bits per heavy atom. The van der Waals surface area contributed by atoms with E-state index in [9.17, 15) is 4.79 Å². The number of nitrogens with zero attached hydrogens (tertiary/aromatic N) is 1. The maximum atomic E-state index is 10.5. The normalized spacial score (nSPS) is 23.2. The number of amides is 1. The molecule has 0 aliphatic carbocycles. The maximum Gasteiger partial charge on any atom is 0.209 e. The molecule has 1 rings (SSSR count). The summed E-state index contributed by atoms with van der Waals surface area (Å²) in [5.74, 6) is 0. The van der Waals surface area contributed by atoms with E-state index in [1.165, 1.54) is 19.3 Å². The predicted octanol–water partition coefficient (Wildman–Crippen LogP) is 1.42. The highest BCUT2D eigenvalue weighted by molar-refractivity contribution is 5.47. The molecular formula is C10H19NO2. The van der Waals surface area contributed by atoms with Crippen LogP contribution in [0.25, 0.3) is 0 Å². The first-order chi connectivity index (χ1) is 6.36. The third kappa shape index (κ3) is 3.77. The molecule has 0 spiro atoms. The molecule has 0 bridgehead atoms. The van der Waals surface area contributed by atoms with Gasteiger partial charge in [-0.3, -0.25) is 4.79 Å². The van der Waals surface area contributed by atoms with Crippen molar-refractivity contribution in [1.82, 2.24) is 4.90 Å². The second-order valence-electron chi connectivity index (χ2n) is 3.59. The Morgan fingerprint density at radius 3 is 3.08 bits per heavy atom. The minimum atomic E-state index is 0.283. The lowest BCUT2D eigenvalue weighted by Gasteiger charge is -2.30. The monoisotopic (exact) mass is 185 g/mol. The van der Waals surface area contributed by atoms with Crippen molar-refractivity contribution in [3.8, 4) is 0 Å². The number of carbonyl (C=O) groups excluding carboxylic acids is 1. The minimum Gasteiger partial charge on any atom is -0.375 e. The minimum absolute atomic E-state index is 0.283. The van der Waals surface area contributed by atoms with Gasteiger partial charge < -0.3 is 9.64 Å². The number of carbonyl (C=O) groups is 1. The molecular weight excluding hydrogens is 166 g/mol. The number of rotatable bonds is 5.